The first kappa shape index (κ1) is 14.5. The molecular formula is C15H23NO2S. The molecule has 0 radical (unpaired) electrons. The largest absolute Gasteiger partial charge is 0.316 e. The van der Waals surface area contributed by atoms with Crippen LogP contribution in [0.2, 0.25) is 0 Å². The van der Waals surface area contributed by atoms with Gasteiger partial charge in [0.2, 0.25) is 0 Å². The maximum atomic E-state index is 12.4. The van der Waals surface area contributed by atoms with Crippen molar-refractivity contribution in [2.24, 2.45) is 5.92 Å². The molecule has 2 rings (SSSR count). The first-order chi connectivity index (χ1) is 9.03. The molecule has 1 aromatic carbocycles. The Bertz CT molecular complexity index is 501. The molecule has 19 heavy (non-hydrogen) atoms. The highest BCUT2D eigenvalue weighted by molar-refractivity contribution is 7.91. The van der Waals surface area contributed by atoms with E-state index in [4.69, 9.17) is 0 Å². The molecule has 1 aromatic rings. The van der Waals surface area contributed by atoms with Crippen molar-refractivity contribution in [2.45, 2.75) is 43.5 Å². The van der Waals surface area contributed by atoms with Crippen LogP contribution in [0.3, 0.4) is 0 Å². The van der Waals surface area contributed by atoms with Gasteiger partial charge in [-0.2, -0.15) is 0 Å². The third-order valence-electron chi connectivity index (χ3n) is 4.12. The summed E-state index contributed by atoms with van der Waals surface area (Å²) in [4.78, 5) is 0.441. The van der Waals surface area contributed by atoms with Gasteiger partial charge in [-0.25, -0.2) is 8.42 Å². The minimum Gasteiger partial charge on any atom is -0.316 e. The molecule has 1 N–H and O–H groups in total. The molecule has 106 valence electrons. The summed E-state index contributed by atoms with van der Waals surface area (Å²) in [5.41, 5.74) is 1.08. The monoisotopic (exact) mass is 281 g/mol. The predicted molar refractivity (Wildman–Crippen MR) is 78.0 cm³/mol. The van der Waals surface area contributed by atoms with Crippen molar-refractivity contribution in [3.8, 4) is 0 Å². The maximum Gasteiger partial charge on any atom is 0.179 e. The van der Waals surface area contributed by atoms with Crippen molar-refractivity contribution in [2.75, 3.05) is 12.8 Å². The van der Waals surface area contributed by atoms with Crippen LogP contribution < -0.4 is 5.32 Å². The number of rotatable bonds is 5. The molecule has 0 heterocycles. The smallest absolute Gasteiger partial charge is 0.179 e. The van der Waals surface area contributed by atoms with E-state index >= 15 is 0 Å². The van der Waals surface area contributed by atoms with Gasteiger partial charge in [-0.05, 0) is 44.9 Å². The van der Waals surface area contributed by atoms with E-state index < -0.39 is 9.84 Å². The summed E-state index contributed by atoms with van der Waals surface area (Å²) in [6.07, 6.45) is 4.75. The standard InChI is InChI=1S/C15H23NO2S/c1-12-7-9-14(10-8-12)19(17,18)11-15(16-2)13-5-3-4-6-13/h7-10,13,15-16H,3-6,11H2,1-2H3. The third-order valence-corrected chi connectivity index (χ3v) is 5.91. The molecule has 1 unspecified atom stereocenters. The van der Waals surface area contributed by atoms with Gasteiger partial charge in [0.25, 0.3) is 0 Å². The average molecular weight is 281 g/mol. The second-order valence-corrected chi connectivity index (χ2v) is 7.57. The van der Waals surface area contributed by atoms with Crippen LogP contribution in [-0.2, 0) is 9.84 Å². The highest BCUT2D eigenvalue weighted by atomic mass is 32.2. The number of hydrogen-bond acceptors (Lipinski definition) is 3. The van der Waals surface area contributed by atoms with Gasteiger partial charge in [-0.3, -0.25) is 0 Å². The molecule has 0 saturated heterocycles. The van der Waals surface area contributed by atoms with Crippen LogP contribution in [0.5, 0.6) is 0 Å². The lowest BCUT2D eigenvalue weighted by atomic mass is 10.0. The molecule has 0 bridgehead atoms. The molecule has 1 saturated carbocycles. The van der Waals surface area contributed by atoms with E-state index in [0.717, 1.165) is 18.4 Å². The summed E-state index contributed by atoms with van der Waals surface area (Å²) in [5.74, 6) is 0.710. The Kier molecular flexibility index (Phi) is 4.63. The van der Waals surface area contributed by atoms with E-state index in [2.05, 4.69) is 5.32 Å². The lowest BCUT2D eigenvalue weighted by Gasteiger charge is -2.22. The van der Waals surface area contributed by atoms with Crippen molar-refractivity contribution in [3.63, 3.8) is 0 Å². The summed E-state index contributed by atoms with van der Waals surface area (Å²) in [7, 11) is -1.32. The SMILES string of the molecule is CNC(CS(=O)(=O)c1ccc(C)cc1)C1CCCC1. The fourth-order valence-electron chi connectivity index (χ4n) is 2.89. The van der Waals surface area contributed by atoms with Crippen LogP contribution in [0.25, 0.3) is 0 Å². The highest BCUT2D eigenvalue weighted by Gasteiger charge is 2.28. The number of aryl methyl sites for hydroxylation is 1. The van der Waals surface area contributed by atoms with Crippen molar-refractivity contribution in [1.82, 2.24) is 5.32 Å². The van der Waals surface area contributed by atoms with Gasteiger partial charge in [0.05, 0.1) is 10.6 Å². The molecule has 1 atom stereocenters. The molecule has 0 amide bonds. The van der Waals surface area contributed by atoms with Crippen LogP contribution in [0, 0.1) is 12.8 Å². The Morgan fingerprint density at radius 3 is 2.32 bits per heavy atom. The van der Waals surface area contributed by atoms with Crippen molar-refractivity contribution < 1.29 is 8.42 Å². The second-order valence-electron chi connectivity index (χ2n) is 5.53. The van der Waals surface area contributed by atoms with Crippen LogP contribution in [0.15, 0.2) is 29.2 Å². The minimum atomic E-state index is -3.19. The van der Waals surface area contributed by atoms with Gasteiger partial charge in [0.15, 0.2) is 9.84 Å². The average Bonchev–Trinajstić information content (AvgIpc) is 2.90. The maximum absolute atomic E-state index is 12.4. The van der Waals surface area contributed by atoms with Crippen LogP contribution >= 0.6 is 0 Å². The minimum absolute atomic E-state index is 0.0776. The Morgan fingerprint density at radius 2 is 1.79 bits per heavy atom. The zero-order valence-corrected chi connectivity index (χ0v) is 12.5. The summed E-state index contributed by atoms with van der Waals surface area (Å²) in [6.45, 7) is 1.96. The molecule has 4 heteroatoms. The fraction of sp³-hybridized carbons (Fsp3) is 0.600. The van der Waals surface area contributed by atoms with E-state index in [9.17, 15) is 8.42 Å². The molecule has 0 spiro atoms. The summed E-state index contributed by atoms with van der Waals surface area (Å²) < 4.78 is 24.9. The summed E-state index contributed by atoms with van der Waals surface area (Å²) in [5, 5.41) is 3.20. The molecule has 1 aliphatic carbocycles. The quantitative estimate of drug-likeness (QED) is 0.902. The van der Waals surface area contributed by atoms with Crippen molar-refractivity contribution >= 4 is 9.84 Å². The Labute approximate surface area is 116 Å². The number of sulfone groups is 1. The first-order valence-corrected chi connectivity index (χ1v) is 8.65. The number of hydrogen-bond donors (Lipinski definition) is 1. The molecule has 0 aliphatic heterocycles. The van der Waals surface area contributed by atoms with Crippen LogP contribution in [-0.4, -0.2) is 27.3 Å². The summed E-state index contributed by atoms with van der Waals surface area (Å²) >= 11 is 0. The van der Waals surface area contributed by atoms with Gasteiger partial charge in [-0.15, -0.1) is 0 Å². The second kappa shape index (κ2) is 6.06. The van der Waals surface area contributed by atoms with E-state index in [1.807, 2.05) is 26.1 Å². The Morgan fingerprint density at radius 1 is 1.21 bits per heavy atom. The Hall–Kier alpha value is -0.870. The normalized spacial score (nSPS) is 18.6. The Balaban J connectivity index is 2.13. The van der Waals surface area contributed by atoms with E-state index in [1.165, 1.54) is 12.8 Å². The van der Waals surface area contributed by atoms with Gasteiger partial charge in [0, 0.05) is 6.04 Å². The van der Waals surface area contributed by atoms with Gasteiger partial charge < -0.3 is 5.32 Å². The predicted octanol–water partition coefficient (Wildman–Crippen LogP) is 2.55. The fourth-order valence-corrected chi connectivity index (χ4v) is 4.55. The van der Waals surface area contributed by atoms with Gasteiger partial charge in [-0.1, -0.05) is 30.5 Å². The van der Waals surface area contributed by atoms with E-state index in [0.29, 0.717) is 10.8 Å². The molecule has 0 aromatic heterocycles. The third kappa shape index (κ3) is 3.57. The van der Waals surface area contributed by atoms with Crippen molar-refractivity contribution in [1.29, 1.82) is 0 Å². The van der Waals surface area contributed by atoms with Gasteiger partial charge >= 0.3 is 0 Å². The lowest BCUT2D eigenvalue weighted by Crippen LogP contribution is -2.38. The number of benzene rings is 1. The van der Waals surface area contributed by atoms with Gasteiger partial charge in [0.1, 0.15) is 0 Å². The zero-order chi connectivity index (χ0) is 13.9. The lowest BCUT2D eigenvalue weighted by molar-refractivity contribution is 0.404. The molecule has 1 aliphatic rings. The number of nitrogens with one attached hydrogen (secondary N) is 1. The van der Waals surface area contributed by atoms with Crippen LogP contribution in [0.1, 0.15) is 31.2 Å². The highest BCUT2D eigenvalue weighted by Crippen LogP contribution is 2.29. The first-order valence-electron chi connectivity index (χ1n) is 6.99. The van der Waals surface area contributed by atoms with E-state index in [1.54, 1.807) is 12.1 Å². The van der Waals surface area contributed by atoms with Crippen molar-refractivity contribution in [3.05, 3.63) is 29.8 Å². The summed E-state index contributed by atoms with van der Waals surface area (Å²) in [6, 6.07) is 7.22. The topological polar surface area (TPSA) is 46.2 Å². The van der Waals surface area contributed by atoms with E-state index in [-0.39, 0.29) is 11.8 Å². The van der Waals surface area contributed by atoms with Crippen LogP contribution in [0.4, 0.5) is 0 Å². The molecule has 1 fully saturated rings. The zero-order valence-electron chi connectivity index (χ0n) is 11.7. The molecule has 3 nitrogen and oxygen atoms in total. The molecular weight excluding hydrogens is 258 g/mol.